The Labute approximate surface area is 134 Å². The molecule has 0 fully saturated rings. The van der Waals surface area contributed by atoms with Crippen LogP contribution in [0.3, 0.4) is 0 Å². The number of hydrogen-bond donors (Lipinski definition) is 1. The molecule has 0 aliphatic rings. The summed E-state index contributed by atoms with van der Waals surface area (Å²) in [5, 5.41) is 2.43. The lowest BCUT2D eigenvalue weighted by Gasteiger charge is -2.09. The van der Waals surface area contributed by atoms with Crippen LogP contribution in [0.5, 0.6) is 12.0 Å². The quantitative estimate of drug-likeness (QED) is 0.892. The normalized spacial score (nSPS) is 11.0. The summed E-state index contributed by atoms with van der Waals surface area (Å²) in [5.41, 5.74) is -1.03. The summed E-state index contributed by atoms with van der Waals surface area (Å²) in [6, 6.07) is 4.07. The number of aromatic nitrogens is 3. The Morgan fingerprint density at radius 2 is 1.75 bits per heavy atom. The van der Waals surface area contributed by atoms with Crippen molar-refractivity contribution in [2.24, 2.45) is 0 Å². The Bertz CT molecular complexity index is 715. The van der Waals surface area contributed by atoms with Crippen molar-refractivity contribution in [2.45, 2.75) is 12.7 Å². The number of rotatable bonds is 5. The highest BCUT2D eigenvalue weighted by atomic mass is 19.4. The van der Waals surface area contributed by atoms with E-state index in [1.165, 1.54) is 20.3 Å². The van der Waals surface area contributed by atoms with Crippen molar-refractivity contribution in [1.82, 2.24) is 20.3 Å². The summed E-state index contributed by atoms with van der Waals surface area (Å²) < 4.78 is 47.7. The zero-order chi connectivity index (χ0) is 17.7. The predicted octanol–water partition coefficient (Wildman–Crippen LogP) is 1.84. The van der Waals surface area contributed by atoms with E-state index in [1.807, 2.05) is 0 Å². The maximum absolute atomic E-state index is 12.7. The second-order valence-electron chi connectivity index (χ2n) is 4.49. The maximum Gasteiger partial charge on any atom is 0.416 e. The SMILES string of the molecule is COc1nc(CNC(=O)c2cccc(C(F)(F)F)c2)nc(OC)n1. The second kappa shape index (κ2) is 7.11. The van der Waals surface area contributed by atoms with Crippen LogP contribution < -0.4 is 14.8 Å². The molecule has 0 spiro atoms. The molecular weight excluding hydrogens is 329 g/mol. The number of alkyl halides is 3. The highest BCUT2D eigenvalue weighted by Crippen LogP contribution is 2.29. The molecule has 128 valence electrons. The first-order valence-electron chi connectivity index (χ1n) is 6.62. The van der Waals surface area contributed by atoms with Gasteiger partial charge in [-0.2, -0.15) is 23.1 Å². The number of nitrogens with zero attached hydrogens (tertiary/aromatic N) is 3. The molecule has 0 aliphatic carbocycles. The first-order valence-corrected chi connectivity index (χ1v) is 6.62. The molecule has 7 nitrogen and oxygen atoms in total. The number of ether oxygens (including phenoxy) is 2. The number of carbonyl (C=O) groups is 1. The molecule has 0 bridgehead atoms. The maximum atomic E-state index is 12.7. The number of halogens is 3. The lowest BCUT2D eigenvalue weighted by atomic mass is 10.1. The van der Waals surface area contributed by atoms with Crippen molar-refractivity contribution in [3.8, 4) is 12.0 Å². The first-order chi connectivity index (χ1) is 11.3. The van der Waals surface area contributed by atoms with E-state index < -0.39 is 17.6 Å². The summed E-state index contributed by atoms with van der Waals surface area (Å²) in [6.45, 7) is -0.135. The number of nitrogens with one attached hydrogen (secondary N) is 1. The number of amides is 1. The topological polar surface area (TPSA) is 86.2 Å². The van der Waals surface area contributed by atoms with Gasteiger partial charge >= 0.3 is 18.2 Å². The highest BCUT2D eigenvalue weighted by molar-refractivity contribution is 5.94. The minimum absolute atomic E-state index is 0.00910. The Kier molecular flexibility index (Phi) is 5.17. The third kappa shape index (κ3) is 4.31. The largest absolute Gasteiger partial charge is 0.467 e. The van der Waals surface area contributed by atoms with E-state index in [-0.39, 0.29) is 30.0 Å². The number of methoxy groups -OCH3 is 2. The Hall–Kier alpha value is -2.91. The van der Waals surface area contributed by atoms with Gasteiger partial charge in [-0.15, -0.1) is 4.98 Å². The van der Waals surface area contributed by atoms with E-state index in [2.05, 4.69) is 20.3 Å². The average molecular weight is 342 g/mol. The van der Waals surface area contributed by atoms with E-state index in [4.69, 9.17) is 9.47 Å². The van der Waals surface area contributed by atoms with Gasteiger partial charge in [0.15, 0.2) is 5.82 Å². The van der Waals surface area contributed by atoms with Crippen molar-refractivity contribution in [3.05, 3.63) is 41.2 Å². The van der Waals surface area contributed by atoms with Gasteiger partial charge in [-0.3, -0.25) is 4.79 Å². The first kappa shape index (κ1) is 17.4. The zero-order valence-corrected chi connectivity index (χ0v) is 12.7. The fraction of sp³-hybridized carbons (Fsp3) is 0.286. The molecular formula is C14H13F3N4O3. The third-order valence-electron chi connectivity index (χ3n) is 2.86. The molecule has 1 heterocycles. The summed E-state index contributed by atoms with van der Waals surface area (Å²) in [7, 11) is 2.69. The van der Waals surface area contributed by atoms with Gasteiger partial charge in [0.1, 0.15) is 0 Å². The standard InChI is InChI=1S/C14H13F3N4O3/c1-23-12-19-10(20-13(21-12)24-2)7-18-11(22)8-4-3-5-9(6-8)14(15,16)17/h3-6H,7H2,1-2H3,(H,18,22). The van der Waals surface area contributed by atoms with Crippen LogP contribution in [0, 0.1) is 0 Å². The van der Waals surface area contributed by atoms with Gasteiger partial charge in [-0.05, 0) is 18.2 Å². The molecule has 2 aromatic rings. The van der Waals surface area contributed by atoms with Gasteiger partial charge in [0.25, 0.3) is 5.91 Å². The summed E-state index contributed by atoms with van der Waals surface area (Å²) >= 11 is 0. The van der Waals surface area contributed by atoms with Gasteiger partial charge in [0.05, 0.1) is 26.3 Å². The molecule has 0 unspecified atom stereocenters. The lowest BCUT2D eigenvalue weighted by molar-refractivity contribution is -0.137. The summed E-state index contributed by atoms with van der Waals surface area (Å²) in [6.07, 6.45) is -4.52. The molecule has 1 aromatic carbocycles. The number of carbonyl (C=O) groups excluding carboxylic acids is 1. The van der Waals surface area contributed by atoms with Crippen LogP contribution in [0.4, 0.5) is 13.2 Å². The van der Waals surface area contributed by atoms with Crippen LogP contribution in [-0.2, 0) is 12.7 Å². The average Bonchev–Trinajstić information content (AvgIpc) is 2.58. The Morgan fingerprint density at radius 3 is 2.29 bits per heavy atom. The van der Waals surface area contributed by atoms with Crippen LogP contribution in [0.1, 0.15) is 21.7 Å². The van der Waals surface area contributed by atoms with Gasteiger partial charge in [0.2, 0.25) is 0 Å². The van der Waals surface area contributed by atoms with Crippen LogP contribution in [-0.4, -0.2) is 35.1 Å². The zero-order valence-electron chi connectivity index (χ0n) is 12.7. The molecule has 0 radical (unpaired) electrons. The minimum atomic E-state index is -4.52. The fourth-order valence-electron chi connectivity index (χ4n) is 1.74. The van der Waals surface area contributed by atoms with Crippen LogP contribution in [0.15, 0.2) is 24.3 Å². The Balaban J connectivity index is 2.11. The molecule has 0 saturated heterocycles. The summed E-state index contributed by atoms with van der Waals surface area (Å²) in [4.78, 5) is 23.6. The van der Waals surface area contributed by atoms with Crippen molar-refractivity contribution < 1.29 is 27.4 Å². The van der Waals surface area contributed by atoms with Crippen molar-refractivity contribution in [1.29, 1.82) is 0 Å². The van der Waals surface area contributed by atoms with E-state index in [9.17, 15) is 18.0 Å². The predicted molar refractivity (Wildman–Crippen MR) is 75.5 cm³/mol. The molecule has 2 rings (SSSR count). The molecule has 1 aromatic heterocycles. The Morgan fingerprint density at radius 1 is 1.12 bits per heavy atom. The van der Waals surface area contributed by atoms with Crippen LogP contribution in [0.2, 0.25) is 0 Å². The molecule has 1 amide bonds. The van der Waals surface area contributed by atoms with Crippen molar-refractivity contribution >= 4 is 5.91 Å². The van der Waals surface area contributed by atoms with Crippen molar-refractivity contribution in [2.75, 3.05) is 14.2 Å². The van der Waals surface area contributed by atoms with E-state index >= 15 is 0 Å². The highest BCUT2D eigenvalue weighted by Gasteiger charge is 2.30. The van der Waals surface area contributed by atoms with Gasteiger partial charge in [0, 0.05) is 5.56 Å². The van der Waals surface area contributed by atoms with Gasteiger partial charge in [-0.25, -0.2) is 0 Å². The van der Waals surface area contributed by atoms with Crippen LogP contribution >= 0.6 is 0 Å². The van der Waals surface area contributed by atoms with E-state index in [1.54, 1.807) is 0 Å². The molecule has 24 heavy (non-hydrogen) atoms. The molecule has 0 saturated carbocycles. The molecule has 0 atom stereocenters. The summed E-state index contributed by atoms with van der Waals surface area (Å²) in [5.74, 6) is -0.557. The van der Waals surface area contributed by atoms with E-state index in [0.717, 1.165) is 18.2 Å². The third-order valence-corrected chi connectivity index (χ3v) is 2.86. The number of benzene rings is 1. The van der Waals surface area contributed by atoms with E-state index in [0.29, 0.717) is 0 Å². The molecule has 0 aliphatic heterocycles. The fourth-order valence-corrected chi connectivity index (χ4v) is 1.74. The minimum Gasteiger partial charge on any atom is -0.467 e. The molecule has 10 heteroatoms. The number of hydrogen-bond acceptors (Lipinski definition) is 6. The smallest absolute Gasteiger partial charge is 0.416 e. The monoisotopic (exact) mass is 342 g/mol. The van der Waals surface area contributed by atoms with Gasteiger partial charge in [-0.1, -0.05) is 6.07 Å². The lowest BCUT2D eigenvalue weighted by Crippen LogP contribution is -2.24. The van der Waals surface area contributed by atoms with Crippen LogP contribution in [0.25, 0.3) is 0 Å². The van der Waals surface area contributed by atoms with Crippen molar-refractivity contribution in [3.63, 3.8) is 0 Å². The molecule has 1 N–H and O–H groups in total. The van der Waals surface area contributed by atoms with Gasteiger partial charge < -0.3 is 14.8 Å². The second-order valence-corrected chi connectivity index (χ2v) is 4.49.